The first-order valence-corrected chi connectivity index (χ1v) is 10.0. The fourth-order valence-corrected chi connectivity index (χ4v) is 4.78. The Hall–Kier alpha value is -1.99. The standard InChI is InChI=1S/C20H26N4O2S/c1-13-7-9-14(10-8-13)18-21-20(27)24(22-18)12-23-16-6-4-3-5-15(16)11-17(23)19(25)26-2/h7-10,15-17H,3-6,11-12H2,1-2H3,(H,21,22,27)/t15-,16-,17-/m0/s1. The number of benzene rings is 1. The van der Waals surface area contributed by atoms with Crippen LogP contribution in [0.25, 0.3) is 11.4 Å². The van der Waals surface area contributed by atoms with Crippen LogP contribution in [-0.2, 0) is 16.2 Å². The summed E-state index contributed by atoms with van der Waals surface area (Å²) in [7, 11) is 1.47. The van der Waals surface area contributed by atoms with Crippen LogP contribution in [0.2, 0.25) is 0 Å². The molecule has 1 aromatic heterocycles. The summed E-state index contributed by atoms with van der Waals surface area (Å²) >= 11 is 5.49. The molecule has 2 aromatic rings. The van der Waals surface area contributed by atoms with Gasteiger partial charge in [0.2, 0.25) is 4.77 Å². The van der Waals surface area contributed by atoms with Crippen LogP contribution in [0.1, 0.15) is 37.7 Å². The second-order valence-electron chi connectivity index (χ2n) is 7.69. The van der Waals surface area contributed by atoms with Gasteiger partial charge in [-0.2, -0.15) is 4.98 Å². The van der Waals surface area contributed by atoms with Crippen molar-refractivity contribution in [2.24, 2.45) is 5.92 Å². The predicted octanol–water partition coefficient (Wildman–Crippen LogP) is 3.68. The monoisotopic (exact) mass is 386 g/mol. The van der Waals surface area contributed by atoms with Crippen molar-refractivity contribution in [1.82, 2.24) is 19.7 Å². The first-order valence-electron chi connectivity index (χ1n) is 9.64. The molecule has 3 atom stereocenters. The number of aromatic nitrogens is 3. The maximum atomic E-state index is 12.4. The number of carbonyl (C=O) groups excluding carboxylic acids is 1. The molecule has 144 valence electrons. The molecule has 0 unspecified atom stereocenters. The van der Waals surface area contributed by atoms with Crippen LogP contribution in [-0.4, -0.2) is 44.8 Å². The molecule has 0 spiro atoms. The minimum Gasteiger partial charge on any atom is -0.468 e. The number of hydrogen-bond donors (Lipinski definition) is 1. The Morgan fingerprint density at radius 2 is 2.04 bits per heavy atom. The van der Waals surface area contributed by atoms with Gasteiger partial charge in [-0.1, -0.05) is 42.7 Å². The lowest BCUT2D eigenvalue weighted by atomic mass is 9.85. The van der Waals surface area contributed by atoms with Gasteiger partial charge in [-0.15, -0.1) is 0 Å². The topological polar surface area (TPSA) is 63.1 Å². The maximum Gasteiger partial charge on any atom is 0.323 e. The van der Waals surface area contributed by atoms with E-state index < -0.39 is 0 Å². The summed E-state index contributed by atoms with van der Waals surface area (Å²) in [6, 6.07) is 8.42. The second kappa shape index (κ2) is 7.56. The Labute approximate surface area is 164 Å². The molecular formula is C20H26N4O2S. The molecule has 1 N–H and O–H groups in total. The number of ether oxygens (including phenoxy) is 1. The van der Waals surface area contributed by atoms with Gasteiger partial charge in [0.25, 0.3) is 0 Å². The van der Waals surface area contributed by atoms with Crippen molar-refractivity contribution in [2.75, 3.05) is 7.11 Å². The summed E-state index contributed by atoms with van der Waals surface area (Å²) < 4.78 is 7.46. The van der Waals surface area contributed by atoms with E-state index in [1.54, 1.807) is 0 Å². The molecule has 1 aliphatic heterocycles. The molecule has 7 heteroatoms. The van der Waals surface area contributed by atoms with Crippen molar-refractivity contribution < 1.29 is 9.53 Å². The number of H-pyrrole nitrogens is 1. The van der Waals surface area contributed by atoms with Gasteiger partial charge in [-0.25, -0.2) is 4.68 Å². The van der Waals surface area contributed by atoms with E-state index in [1.165, 1.54) is 31.9 Å². The number of carbonyl (C=O) groups is 1. The van der Waals surface area contributed by atoms with Gasteiger partial charge >= 0.3 is 5.97 Å². The number of aromatic amines is 1. The Morgan fingerprint density at radius 1 is 1.30 bits per heavy atom. The van der Waals surface area contributed by atoms with Gasteiger partial charge < -0.3 is 4.74 Å². The maximum absolute atomic E-state index is 12.4. The number of rotatable bonds is 4. The highest BCUT2D eigenvalue weighted by Gasteiger charge is 2.45. The lowest BCUT2D eigenvalue weighted by Crippen LogP contribution is -2.43. The van der Waals surface area contributed by atoms with E-state index in [4.69, 9.17) is 17.0 Å². The fraction of sp³-hybridized carbons (Fsp3) is 0.550. The molecule has 1 saturated heterocycles. The molecule has 2 fully saturated rings. The lowest BCUT2D eigenvalue weighted by molar-refractivity contribution is -0.147. The summed E-state index contributed by atoms with van der Waals surface area (Å²) in [5.74, 6) is 1.18. The SMILES string of the molecule is COC(=O)[C@@H]1C[C@@H]2CCCC[C@@H]2N1Cn1[nH]c(-c2ccc(C)cc2)nc1=S. The van der Waals surface area contributed by atoms with Crippen LogP contribution in [0.15, 0.2) is 24.3 Å². The number of fused-ring (bicyclic) bond motifs is 1. The molecule has 27 heavy (non-hydrogen) atoms. The Bertz CT molecular complexity index is 873. The molecule has 6 nitrogen and oxygen atoms in total. The number of aryl methyl sites for hydroxylation is 1. The summed E-state index contributed by atoms with van der Waals surface area (Å²) in [4.78, 5) is 19.2. The largest absolute Gasteiger partial charge is 0.468 e. The van der Waals surface area contributed by atoms with Crippen LogP contribution in [0, 0.1) is 17.6 Å². The Morgan fingerprint density at radius 3 is 2.78 bits per heavy atom. The zero-order valence-electron chi connectivity index (χ0n) is 15.9. The molecule has 2 heterocycles. The van der Waals surface area contributed by atoms with Gasteiger partial charge in [-0.05, 0) is 44.3 Å². The van der Waals surface area contributed by atoms with Crippen molar-refractivity contribution in [3.8, 4) is 11.4 Å². The first kappa shape index (κ1) is 18.4. The second-order valence-corrected chi connectivity index (χ2v) is 8.06. The quantitative estimate of drug-likeness (QED) is 0.641. The van der Waals surface area contributed by atoms with Crippen molar-refractivity contribution in [3.63, 3.8) is 0 Å². The van der Waals surface area contributed by atoms with Crippen molar-refractivity contribution >= 4 is 18.2 Å². The minimum absolute atomic E-state index is 0.144. The van der Waals surface area contributed by atoms with E-state index in [0.717, 1.165) is 24.2 Å². The zero-order chi connectivity index (χ0) is 19.0. The lowest BCUT2D eigenvalue weighted by Gasteiger charge is -2.33. The predicted molar refractivity (Wildman–Crippen MR) is 106 cm³/mol. The summed E-state index contributed by atoms with van der Waals surface area (Å²) in [6.07, 6.45) is 5.67. The summed E-state index contributed by atoms with van der Waals surface area (Å²) in [6.45, 7) is 2.60. The highest BCUT2D eigenvalue weighted by atomic mass is 32.1. The number of nitrogens with zero attached hydrogens (tertiary/aromatic N) is 3. The van der Waals surface area contributed by atoms with E-state index in [-0.39, 0.29) is 12.0 Å². The van der Waals surface area contributed by atoms with Gasteiger partial charge in [0.05, 0.1) is 13.8 Å². The van der Waals surface area contributed by atoms with E-state index in [2.05, 4.69) is 34.0 Å². The van der Waals surface area contributed by atoms with Gasteiger partial charge in [0, 0.05) is 11.6 Å². The molecule has 1 aromatic carbocycles. The fourth-order valence-electron chi connectivity index (χ4n) is 4.58. The van der Waals surface area contributed by atoms with Crippen molar-refractivity contribution in [2.45, 2.75) is 57.8 Å². The molecule has 0 amide bonds. The number of hydrogen-bond acceptors (Lipinski definition) is 5. The van der Waals surface area contributed by atoms with E-state index in [0.29, 0.717) is 23.4 Å². The number of likely N-dealkylation sites (tertiary alicyclic amines) is 1. The zero-order valence-corrected chi connectivity index (χ0v) is 16.7. The normalized spacial score (nSPS) is 25.3. The van der Waals surface area contributed by atoms with Crippen molar-refractivity contribution in [1.29, 1.82) is 0 Å². The van der Waals surface area contributed by atoms with Crippen LogP contribution in [0.4, 0.5) is 0 Å². The third-order valence-corrected chi connectivity index (χ3v) is 6.32. The number of nitrogens with one attached hydrogen (secondary N) is 1. The smallest absolute Gasteiger partial charge is 0.323 e. The Balaban J connectivity index is 1.60. The summed E-state index contributed by atoms with van der Waals surface area (Å²) in [5.41, 5.74) is 2.21. The van der Waals surface area contributed by atoms with Crippen LogP contribution in [0.3, 0.4) is 0 Å². The third-order valence-electron chi connectivity index (χ3n) is 6.00. The van der Waals surface area contributed by atoms with Crippen LogP contribution >= 0.6 is 12.2 Å². The molecule has 1 aliphatic carbocycles. The van der Waals surface area contributed by atoms with Gasteiger partial charge in [-0.3, -0.25) is 14.8 Å². The third kappa shape index (κ3) is 3.58. The van der Waals surface area contributed by atoms with E-state index in [9.17, 15) is 4.79 Å². The molecule has 4 rings (SSSR count). The molecular weight excluding hydrogens is 360 g/mol. The summed E-state index contributed by atoms with van der Waals surface area (Å²) in [5, 5.41) is 3.32. The molecule has 0 radical (unpaired) electrons. The molecule has 1 saturated carbocycles. The van der Waals surface area contributed by atoms with E-state index in [1.807, 2.05) is 16.8 Å². The number of methoxy groups -OCH3 is 1. The Kier molecular flexibility index (Phi) is 5.14. The van der Waals surface area contributed by atoms with E-state index >= 15 is 0 Å². The molecule has 2 aliphatic rings. The van der Waals surface area contributed by atoms with Crippen LogP contribution < -0.4 is 0 Å². The minimum atomic E-state index is -0.198. The van der Waals surface area contributed by atoms with Crippen LogP contribution in [0.5, 0.6) is 0 Å². The highest BCUT2D eigenvalue weighted by Crippen LogP contribution is 2.40. The van der Waals surface area contributed by atoms with Gasteiger partial charge in [0.15, 0.2) is 5.82 Å². The van der Waals surface area contributed by atoms with Crippen molar-refractivity contribution in [3.05, 3.63) is 34.6 Å². The average Bonchev–Trinajstić information content (AvgIpc) is 3.23. The van der Waals surface area contributed by atoms with Gasteiger partial charge in [0.1, 0.15) is 6.04 Å². The first-order chi connectivity index (χ1) is 13.1. The molecule has 0 bridgehead atoms. The number of esters is 1. The average molecular weight is 387 g/mol. The highest BCUT2D eigenvalue weighted by molar-refractivity contribution is 7.71.